The lowest BCUT2D eigenvalue weighted by Crippen LogP contribution is -2.39. The molecular formula is C28H33N3O4. The SMILES string of the molecule is COc1ccc(CN2CC(=O)N(CCc3ccccc3)CC(OCc3ccncc3)C2)cc1OC. The zero-order valence-corrected chi connectivity index (χ0v) is 20.4. The molecule has 1 unspecified atom stereocenters. The van der Waals surface area contributed by atoms with Crippen molar-refractivity contribution in [3.8, 4) is 11.5 Å². The zero-order valence-electron chi connectivity index (χ0n) is 20.4. The van der Waals surface area contributed by atoms with Crippen LogP contribution in [0.3, 0.4) is 0 Å². The molecule has 1 fully saturated rings. The molecule has 7 heteroatoms. The van der Waals surface area contributed by atoms with Gasteiger partial charge in [0, 0.05) is 38.6 Å². The average molecular weight is 476 g/mol. The first-order chi connectivity index (χ1) is 17.1. The first kappa shape index (κ1) is 24.7. The molecule has 7 nitrogen and oxygen atoms in total. The third-order valence-electron chi connectivity index (χ3n) is 6.20. The molecule has 1 saturated heterocycles. The highest BCUT2D eigenvalue weighted by molar-refractivity contribution is 5.78. The summed E-state index contributed by atoms with van der Waals surface area (Å²) in [6, 6.07) is 20.1. The van der Waals surface area contributed by atoms with Gasteiger partial charge >= 0.3 is 0 Å². The van der Waals surface area contributed by atoms with Crippen molar-refractivity contribution in [3.63, 3.8) is 0 Å². The highest BCUT2D eigenvalue weighted by Crippen LogP contribution is 2.28. The Kier molecular flexibility index (Phi) is 8.70. The second-order valence-corrected chi connectivity index (χ2v) is 8.72. The number of hydrogen-bond donors (Lipinski definition) is 0. The van der Waals surface area contributed by atoms with E-state index in [0.717, 1.165) is 17.5 Å². The fourth-order valence-electron chi connectivity index (χ4n) is 4.33. The largest absolute Gasteiger partial charge is 0.493 e. The van der Waals surface area contributed by atoms with E-state index in [0.29, 0.717) is 50.8 Å². The molecule has 1 aliphatic rings. The lowest BCUT2D eigenvalue weighted by Gasteiger charge is -2.25. The molecular weight excluding hydrogens is 442 g/mol. The minimum absolute atomic E-state index is 0.106. The average Bonchev–Trinajstić information content (AvgIpc) is 3.05. The highest BCUT2D eigenvalue weighted by Gasteiger charge is 2.28. The van der Waals surface area contributed by atoms with E-state index in [-0.39, 0.29) is 12.0 Å². The predicted molar refractivity (Wildman–Crippen MR) is 134 cm³/mol. The first-order valence-corrected chi connectivity index (χ1v) is 11.9. The summed E-state index contributed by atoms with van der Waals surface area (Å²) < 4.78 is 17.1. The van der Waals surface area contributed by atoms with Gasteiger partial charge in [-0.1, -0.05) is 36.4 Å². The molecule has 0 saturated carbocycles. The summed E-state index contributed by atoms with van der Waals surface area (Å²) in [7, 11) is 3.25. The van der Waals surface area contributed by atoms with Crippen molar-refractivity contribution in [3.05, 3.63) is 89.7 Å². The molecule has 0 bridgehead atoms. The Morgan fingerprint density at radius 3 is 2.40 bits per heavy atom. The molecule has 4 rings (SSSR count). The van der Waals surface area contributed by atoms with Crippen LogP contribution in [0.4, 0.5) is 0 Å². The summed E-state index contributed by atoms with van der Waals surface area (Å²) in [4.78, 5) is 21.4. The van der Waals surface area contributed by atoms with Crippen LogP contribution in [0.25, 0.3) is 0 Å². The minimum atomic E-state index is -0.106. The van der Waals surface area contributed by atoms with Gasteiger partial charge in [0.1, 0.15) is 0 Å². The van der Waals surface area contributed by atoms with E-state index in [1.807, 2.05) is 53.4 Å². The number of methoxy groups -OCH3 is 2. The smallest absolute Gasteiger partial charge is 0.236 e. The standard InChI is InChI=1S/C28H33N3O4/c1-33-26-9-8-24(16-27(26)34-2)17-30-18-25(35-21-23-10-13-29-14-11-23)19-31(28(32)20-30)15-12-22-6-4-3-5-7-22/h3-11,13-14,16,25H,12,15,17-21H2,1-2H3. The van der Waals surface area contributed by atoms with Gasteiger partial charge in [-0.25, -0.2) is 0 Å². The Balaban J connectivity index is 1.47. The van der Waals surface area contributed by atoms with E-state index in [1.165, 1.54) is 5.56 Å². The molecule has 35 heavy (non-hydrogen) atoms. The fraction of sp³-hybridized carbons (Fsp3) is 0.357. The van der Waals surface area contributed by atoms with Gasteiger partial charge in [0.05, 0.1) is 33.5 Å². The number of pyridine rings is 1. The van der Waals surface area contributed by atoms with Crippen LogP contribution in [0.2, 0.25) is 0 Å². The van der Waals surface area contributed by atoms with Crippen molar-refractivity contribution in [2.75, 3.05) is 40.4 Å². The maximum absolute atomic E-state index is 13.3. The number of hydrogen-bond acceptors (Lipinski definition) is 6. The number of rotatable bonds is 10. The Hall–Kier alpha value is -3.42. The Labute approximate surface area is 207 Å². The van der Waals surface area contributed by atoms with Gasteiger partial charge in [0.15, 0.2) is 11.5 Å². The quantitative estimate of drug-likeness (QED) is 0.447. The maximum atomic E-state index is 13.3. The van der Waals surface area contributed by atoms with Gasteiger partial charge in [-0.15, -0.1) is 0 Å². The third-order valence-corrected chi connectivity index (χ3v) is 6.20. The number of ether oxygens (including phenoxy) is 3. The number of benzene rings is 2. The van der Waals surface area contributed by atoms with Crippen molar-refractivity contribution in [1.29, 1.82) is 0 Å². The predicted octanol–water partition coefficient (Wildman–Crippen LogP) is 3.57. The van der Waals surface area contributed by atoms with Gasteiger partial charge in [0.25, 0.3) is 0 Å². The van der Waals surface area contributed by atoms with Crippen LogP contribution in [0, 0.1) is 0 Å². The fourth-order valence-corrected chi connectivity index (χ4v) is 4.33. The van der Waals surface area contributed by atoms with Crippen molar-refractivity contribution in [1.82, 2.24) is 14.8 Å². The van der Waals surface area contributed by atoms with Crippen LogP contribution in [-0.4, -0.2) is 67.2 Å². The van der Waals surface area contributed by atoms with Crippen LogP contribution in [-0.2, 0) is 29.1 Å². The van der Waals surface area contributed by atoms with Crippen molar-refractivity contribution in [2.45, 2.75) is 25.7 Å². The molecule has 1 aliphatic heterocycles. The lowest BCUT2D eigenvalue weighted by molar-refractivity contribution is -0.131. The van der Waals surface area contributed by atoms with E-state index in [4.69, 9.17) is 14.2 Å². The molecule has 2 aromatic carbocycles. The van der Waals surface area contributed by atoms with Gasteiger partial charge in [-0.05, 0) is 47.4 Å². The van der Waals surface area contributed by atoms with Gasteiger partial charge in [-0.2, -0.15) is 0 Å². The Bertz CT molecular complexity index is 1080. The normalized spacial score (nSPS) is 16.7. The van der Waals surface area contributed by atoms with Crippen LogP contribution in [0.5, 0.6) is 11.5 Å². The Morgan fingerprint density at radius 1 is 0.886 bits per heavy atom. The molecule has 184 valence electrons. The van der Waals surface area contributed by atoms with E-state index in [1.54, 1.807) is 26.6 Å². The van der Waals surface area contributed by atoms with Crippen LogP contribution < -0.4 is 9.47 Å². The molecule has 2 heterocycles. The lowest BCUT2D eigenvalue weighted by atomic mass is 10.1. The summed E-state index contributed by atoms with van der Waals surface area (Å²) in [5, 5.41) is 0. The zero-order chi connectivity index (χ0) is 24.5. The molecule has 0 radical (unpaired) electrons. The molecule has 3 aromatic rings. The highest BCUT2D eigenvalue weighted by atomic mass is 16.5. The van der Waals surface area contributed by atoms with Crippen molar-refractivity contribution in [2.24, 2.45) is 0 Å². The molecule has 0 N–H and O–H groups in total. The minimum Gasteiger partial charge on any atom is -0.493 e. The van der Waals surface area contributed by atoms with E-state index < -0.39 is 0 Å². The number of carbonyl (C=O) groups is 1. The second-order valence-electron chi connectivity index (χ2n) is 8.72. The van der Waals surface area contributed by atoms with Crippen LogP contribution >= 0.6 is 0 Å². The van der Waals surface area contributed by atoms with Crippen LogP contribution in [0.15, 0.2) is 73.1 Å². The molecule has 0 spiro atoms. The topological polar surface area (TPSA) is 64.1 Å². The summed E-state index contributed by atoms with van der Waals surface area (Å²) >= 11 is 0. The van der Waals surface area contributed by atoms with E-state index >= 15 is 0 Å². The summed E-state index contributed by atoms with van der Waals surface area (Å²) in [5.41, 5.74) is 3.35. The van der Waals surface area contributed by atoms with Gasteiger partial charge in [0.2, 0.25) is 5.91 Å². The first-order valence-electron chi connectivity index (χ1n) is 11.9. The number of carbonyl (C=O) groups excluding carboxylic acids is 1. The van der Waals surface area contributed by atoms with E-state index in [9.17, 15) is 4.79 Å². The summed E-state index contributed by atoms with van der Waals surface area (Å²) in [6.07, 6.45) is 4.25. The van der Waals surface area contributed by atoms with Crippen LogP contribution in [0.1, 0.15) is 16.7 Å². The van der Waals surface area contributed by atoms with Crippen molar-refractivity contribution >= 4 is 5.91 Å². The molecule has 1 atom stereocenters. The van der Waals surface area contributed by atoms with Gasteiger partial charge in [-0.3, -0.25) is 14.7 Å². The number of aromatic nitrogens is 1. The molecule has 1 amide bonds. The number of amides is 1. The second kappa shape index (κ2) is 12.3. The Morgan fingerprint density at radius 2 is 1.66 bits per heavy atom. The molecule has 1 aromatic heterocycles. The monoisotopic (exact) mass is 475 g/mol. The van der Waals surface area contributed by atoms with E-state index in [2.05, 4.69) is 22.0 Å². The molecule has 0 aliphatic carbocycles. The number of nitrogens with zero attached hydrogens (tertiary/aromatic N) is 3. The van der Waals surface area contributed by atoms with Gasteiger partial charge < -0.3 is 19.1 Å². The summed E-state index contributed by atoms with van der Waals surface area (Å²) in [5.74, 6) is 1.49. The maximum Gasteiger partial charge on any atom is 0.236 e. The summed E-state index contributed by atoms with van der Waals surface area (Å²) in [6.45, 7) is 3.35. The van der Waals surface area contributed by atoms with Crippen molar-refractivity contribution < 1.29 is 19.0 Å². The third kappa shape index (κ3) is 7.04.